The van der Waals surface area contributed by atoms with E-state index in [4.69, 9.17) is 0 Å². The normalized spacial score (nSPS) is 10.8. The number of aryl methyl sites for hydroxylation is 1. The van der Waals surface area contributed by atoms with Crippen LogP contribution in [-0.2, 0) is 6.54 Å². The summed E-state index contributed by atoms with van der Waals surface area (Å²) >= 11 is 5.11. The predicted molar refractivity (Wildman–Crippen MR) is 124 cm³/mol. The highest BCUT2D eigenvalue weighted by Crippen LogP contribution is 2.14. The van der Waals surface area contributed by atoms with Gasteiger partial charge in [-0.25, -0.2) is 0 Å². The number of benzene rings is 1. The largest absolute Gasteiger partial charge is 0.356 e. The molecule has 0 bridgehead atoms. The van der Waals surface area contributed by atoms with Gasteiger partial charge in [-0.15, -0.1) is 35.3 Å². The van der Waals surface area contributed by atoms with Crippen LogP contribution in [0.1, 0.15) is 27.2 Å². The lowest BCUT2D eigenvalue weighted by Gasteiger charge is -2.12. The maximum Gasteiger partial charge on any atom is 0.251 e. The van der Waals surface area contributed by atoms with Crippen molar-refractivity contribution in [1.82, 2.24) is 16.0 Å². The number of carbonyl (C=O) groups is 1. The van der Waals surface area contributed by atoms with Crippen molar-refractivity contribution in [3.05, 3.63) is 56.2 Å². The van der Waals surface area contributed by atoms with Gasteiger partial charge in [-0.3, -0.25) is 9.79 Å². The highest BCUT2D eigenvalue weighted by atomic mass is 127. The monoisotopic (exact) mass is 550 g/mol. The van der Waals surface area contributed by atoms with Gasteiger partial charge in [0.1, 0.15) is 0 Å². The van der Waals surface area contributed by atoms with Crippen LogP contribution >= 0.6 is 51.2 Å². The number of amides is 1. The molecular formula is C18H24BrIN4OS. The molecule has 0 aliphatic rings. The van der Waals surface area contributed by atoms with E-state index in [0.717, 1.165) is 29.9 Å². The zero-order valence-corrected chi connectivity index (χ0v) is 19.6. The van der Waals surface area contributed by atoms with Gasteiger partial charge in [-0.1, -0.05) is 22.0 Å². The van der Waals surface area contributed by atoms with Crippen LogP contribution in [-0.4, -0.2) is 32.0 Å². The molecule has 142 valence electrons. The number of nitrogens with one attached hydrogen (secondary N) is 3. The van der Waals surface area contributed by atoms with Crippen molar-refractivity contribution in [3.63, 3.8) is 0 Å². The fourth-order valence-corrected chi connectivity index (χ4v) is 3.44. The van der Waals surface area contributed by atoms with Crippen LogP contribution in [0.25, 0.3) is 0 Å². The van der Waals surface area contributed by atoms with Crippen LogP contribution in [0.5, 0.6) is 0 Å². The third-order valence-electron chi connectivity index (χ3n) is 3.63. The summed E-state index contributed by atoms with van der Waals surface area (Å²) in [4.78, 5) is 17.6. The molecule has 1 aromatic heterocycles. The van der Waals surface area contributed by atoms with Crippen molar-refractivity contribution >= 4 is 63.1 Å². The van der Waals surface area contributed by atoms with Crippen molar-refractivity contribution in [3.8, 4) is 0 Å². The maximum absolute atomic E-state index is 12.0. The lowest BCUT2D eigenvalue weighted by molar-refractivity contribution is 0.0953. The molecule has 0 aliphatic carbocycles. The van der Waals surface area contributed by atoms with Crippen LogP contribution in [0.2, 0.25) is 0 Å². The SMILES string of the molecule is CN=C(NCCCNC(=O)c1cccc(Br)c1)NCc1sccc1C.I. The fraction of sp³-hybridized carbons (Fsp3) is 0.333. The Hall–Kier alpha value is -1.13. The Labute approximate surface area is 184 Å². The highest BCUT2D eigenvalue weighted by Gasteiger charge is 2.05. The summed E-state index contributed by atoms with van der Waals surface area (Å²) < 4.78 is 0.901. The summed E-state index contributed by atoms with van der Waals surface area (Å²) in [6.45, 7) is 4.22. The van der Waals surface area contributed by atoms with Crippen LogP contribution in [0, 0.1) is 6.92 Å². The molecule has 5 nitrogen and oxygen atoms in total. The average Bonchev–Trinajstić information content (AvgIpc) is 3.02. The van der Waals surface area contributed by atoms with E-state index in [9.17, 15) is 4.79 Å². The first-order valence-corrected chi connectivity index (χ1v) is 9.78. The number of rotatable bonds is 7. The predicted octanol–water partition coefficient (Wildman–Crippen LogP) is 3.92. The molecule has 3 N–H and O–H groups in total. The lowest BCUT2D eigenvalue weighted by atomic mass is 10.2. The van der Waals surface area contributed by atoms with Gasteiger partial charge in [0, 0.05) is 35.1 Å². The summed E-state index contributed by atoms with van der Waals surface area (Å²) in [6.07, 6.45) is 0.818. The maximum atomic E-state index is 12.0. The summed E-state index contributed by atoms with van der Waals surface area (Å²) in [7, 11) is 1.76. The molecule has 8 heteroatoms. The Morgan fingerprint density at radius 1 is 1.19 bits per heavy atom. The minimum absolute atomic E-state index is 0. The quantitative estimate of drug-likeness (QED) is 0.212. The second-order valence-electron chi connectivity index (χ2n) is 5.50. The van der Waals surface area contributed by atoms with E-state index in [2.05, 4.69) is 55.2 Å². The third kappa shape index (κ3) is 7.63. The first-order chi connectivity index (χ1) is 12.1. The zero-order valence-electron chi connectivity index (χ0n) is 14.8. The minimum Gasteiger partial charge on any atom is -0.356 e. The molecule has 2 rings (SSSR count). The van der Waals surface area contributed by atoms with E-state index in [0.29, 0.717) is 12.1 Å². The molecular weight excluding hydrogens is 527 g/mol. The van der Waals surface area contributed by atoms with Gasteiger partial charge >= 0.3 is 0 Å². The van der Waals surface area contributed by atoms with Crippen molar-refractivity contribution in [2.24, 2.45) is 4.99 Å². The molecule has 0 saturated carbocycles. The molecule has 1 heterocycles. The standard InChI is InChI=1S/C18H23BrN4OS.HI/c1-13-7-10-25-16(13)12-23-18(20-2)22-9-4-8-21-17(24)14-5-3-6-15(19)11-14;/h3,5-7,10-11H,4,8-9,12H2,1-2H3,(H,21,24)(H2,20,22,23);1H. The molecule has 0 aliphatic heterocycles. The molecule has 0 spiro atoms. The number of thiophene rings is 1. The Kier molecular flexibility index (Phi) is 10.8. The summed E-state index contributed by atoms with van der Waals surface area (Å²) in [5.74, 6) is 0.711. The first kappa shape index (κ1) is 22.9. The number of carbonyl (C=O) groups excluding carboxylic acids is 1. The van der Waals surface area contributed by atoms with E-state index in [1.54, 1.807) is 24.5 Å². The lowest BCUT2D eigenvalue weighted by Crippen LogP contribution is -2.38. The second kappa shape index (κ2) is 12.3. The first-order valence-electron chi connectivity index (χ1n) is 8.11. The minimum atomic E-state index is -0.0584. The number of guanidine groups is 1. The average molecular weight is 551 g/mol. The second-order valence-corrected chi connectivity index (χ2v) is 7.42. The van der Waals surface area contributed by atoms with Crippen LogP contribution < -0.4 is 16.0 Å². The van der Waals surface area contributed by atoms with E-state index < -0.39 is 0 Å². The molecule has 1 amide bonds. The number of halogens is 2. The Balaban J connectivity index is 0.00000338. The van der Waals surface area contributed by atoms with Gasteiger partial charge in [0.05, 0.1) is 6.54 Å². The number of hydrogen-bond acceptors (Lipinski definition) is 3. The molecule has 26 heavy (non-hydrogen) atoms. The Bertz CT molecular complexity index is 735. The van der Waals surface area contributed by atoms with Gasteiger partial charge in [0.2, 0.25) is 0 Å². The van der Waals surface area contributed by atoms with Gasteiger partial charge < -0.3 is 16.0 Å². The Morgan fingerprint density at radius 2 is 1.96 bits per heavy atom. The van der Waals surface area contributed by atoms with Crippen LogP contribution in [0.4, 0.5) is 0 Å². The smallest absolute Gasteiger partial charge is 0.251 e. The van der Waals surface area contributed by atoms with Crippen LogP contribution in [0.3, 0.4) is 0 Å². The molecule has 0 atom stereocenters. The molecule has 0 radical (unpaired) electrons. The summed E-state index contributed by atoms with van der Waals surface area (Å²) in [5.41, 5.74) is 1.95. The van der Waals surface area contributed by atoms with Gasteiger partial charge in [0.15, 0.2) is 5.96 Å². The molecule has 2 aromatic rings. The van der Waals surface area contributed by atoms with E-state index >= 15 is 0 Å². The van der Waals surface area contributed by atoms with Crippen molar-refractivity contribution in [1.29, 1.82) is 0 Å². The van der Waals surface area contributed by atoms with Crippen LogP contribution in [0.15, 0.2) is 45.2 Å². The third-order valence-corrected chi connectivity index (χ3v) is 5.14. The van der Waals surface area contributed by atoms with E-state index in [-0.39, 0.29) is 29.9 Å². The summed E-state index contributed by atoms with van der Waals surface area (Å²) in [5, 5.41) is 11.6. The van der Waals surface area contributed by atoms with Crippen molar-refractivity contribution < 1.29 is 4.79 Å². The zero-order chi connectivity index (χ0) is 18.1. The fourth-order valence-electron chi connectivity index (χ4n) is 2.20. The van der Waals surface area contributed by atoms with Gasteiger partial charge in [-0.05, 0) is 48.6 Å². The Morgan fingerprint density at radius 3 is 2.62 bits per heavy atom. The van der Waals surface area contributed by atoms with E-state index in [1.807, 2.05) is 18.2 Å². The molecule has 1 aromatic carbocycles. The molecule has 0 saturated heterocycles. The molecule has 0 fully saturated rings. The van der Waals surface area contributed by atoms with Gasteiger partial charge in [0.25, 0.3) is 5.91 Å². The highest BCUT2D eigenvalue weighted by molar-refractivity contribution is 14.0. The number of nitrogens with zero attached hydrogens (tertiary/aromatic N) is 1. The van der Waals surface area contributed by atoms with Gasteiger partial charge in [-0.2, -0.15) is 0 Å². The summed E-state index contributed by atoms with van der Waals surface area (Å²) in [6, 6.07) is 9.48. The van der Waals surface area contributed by atoms with Crippen molar-refractivity contribution in [2.75, 3.05) is 20.1 Å². The number of hydrogen-bond donors (Lipinski definition) is 3. The topological polar surface area (TPSA) is 65.5 Å². The molecule has 0 unspecified atom stereocenters. The number of aliphatic imine (C=N–C) groups is 1. The van der Waals surface area contributed by atoms with E-state index in [1.165, 1.54) is 10.4 Å². The van der Waals surface area contributed by atoms with Crippen molar-refractivity contribution in [2.45, 2.75) is 19.9 Å².